The number of hydrogen-bond acceptors (Lipinski definition) is 5. The van der Waals surface area contributed by atoms with Crippen molar-refractivity contribution in [2.75, 3.05) is 18.8 Å². The predicted molar refractivity (Wildman–Crippen MR) is 149 cm³/mol. The Kier molecular flexibility index (Phi) is 14.0. The molecule has 0 saturated heterocycles. The van der Waals surface area contributed by atoms with Crippen molar-refractivity contribution in [3.8, 4) is 0 Å². The lowest BCUT2D eigenvalue weighted by atomic mass is 9.98. The molecule has 2 atom stereocenters. The van der Waals surface area contributed by atoms with Crippen molar-refractivity contribution in [2.45, 2.75) is 105 Å². The molecule has 1 aromatic rings. The Morgan fingerprint density at radius 2 is 1.64 bits per heavy atom. The number of carbonyl (C=O) groups is 3. The molecule has 0 fully saturated rings. The van der Waals surface area contributed by atoms with E-state index in [2.05, 4.69) is 37.1 Å². The van der Waals surface area contributed by atoms with Crippen LogP contribution < -0.4 is 10.6 Å². The Balaban J connectivity index is 3.36. The summed E-state index contributed by atoms with van der Waals surface area (Å²) < 4.78 is 5.36. The van der Waals surface area contributed by atoms with E-state index in [0.717, 1.165) is 55.2 Å². The second kappa shape index (κ2) is 15.8. The first-order valence-electron chi connectivity index (χ1n) is 13.2. The Morgan fingerprint density at radius 1 is 1.00 bits per heavy atom. The maximum atomic E-state index is 13.8. The highest BCUT2D eigenvalue weighted by molar-refractivity contribution is 7.80. The summed E-state index contributed by atoms with van der Waals surface area (Å²) in [6.07, 6.45) is 4.92. The van der Waals surface area contributed by atoms with E-state index in [-0.39, 0.29) is 17.6 Å². The number of carbonyl (C=O) groups excluding carboxylic acids is 3. The van der Waals surface area contributed by atoms with Crippen molar-refractivity contribution in [2.24, 2.45) is 0 Å². The van der Waals surface area contributed by atoms with E-state index >= 15 is 0 Å². The number of ether oxygens (including phenoxy) is 1. The average molecular weight is 522 g/mol. The minimum atomic E-state index is -0.924. The van der Waals surface area contributed by atoms with Crippen LogP contribution in [0.5, 0.6) is 0 Å². The average Bonchev–Trinajstić information content (AvgIpc) is 2.80. The molecule has 0 spiro atoms. The van der Waals surface area contributed by atoms with Crippen molar-refractivity contribution in [3.05, 3.63) is 34.9 Å². The topological polar surface area (TPSA) is 87.7 Å². The molecule has 0 radical (unpaired) electrons. The summed E-state index contributed by atoms with van der Waals surface area (Å²) in [7, 11) is 0. The van der Waals surface area contributed by atoms with E-state index in [0.29, 0.717) is 13.1 Å². The molecule has 0 aliphatic rings. The largest absolute Gasteiger partial charge is 0.444 e. The van der Waals surface area contributed by atoms with Gasteiger partial charge in [-0.2, -0.15) is 12.6 Å². The second-order valence-electron chi connectivity index (χ2n) is 10.4. The van der Waals surface area contributed by atoms with E-state index in [1.165, 1.54) is 0 Å². The molecule has 0 heterocycles. The van der Waals surface area contributed by atoms with Crippen LogP contribution in [-0.2, 0) is 14.3 Å². The smallest absolute Gasteiger partial charge is 0.408 e. The summed E-state index contributed by atoms with van der Waals surface area (Å²) in [4.78, 5) is 41.5. The number of amides is 3. The standard InChI is InChI=1S/C28H47N3O4S/c1-8-10-12-16-29-25(32)24(22-15-14-20(3)21(4)18-22)31(17-13-11-9-2)26(33)23(19-36)30-27(34)35-28(5,6)7/h14-15,18,23-24,36H,8-13,16-17,19H2,1-7H3,(H,29,32)(H,30,34). The van der Waals surface area contributed by atoms with Gasteiger partial charge in [0.1, 0.15) is 17.7 Å². The molecule has 3 amide bonds. The molecular weight excluding hydrogens is 474 g/mol. The van der Waals surface area contributed by atoms with Crippen LogP contribution in [0, 0.1) is 13.8 Å². The van der Waals surface area contributed by atoms with Gasteiger partial charge < -0.3 is 20.3 Å². The summed E-state index contributed by atoms with van der Waals surface area (Å²) in [5.41, 5.74) is 2.22. The lowest BCUT2D eigenvalue weighted by Crippen LogP contribution is -2.54. The van der Waals surface area contributed by atoms with Crippen LogP contribution in [-0.4, -0.2) is 53.3 Å². The summed E-state index contributed by atoms with van der Waals surface area (Å²) >= 11 is 4.34. The van der Waals surface area contributed by atoms with Gasteiger partial charge in [0.2, 0.25) is 11.8 Å². The summed E-state index contributed by atoms with van der Waals surface area (Å²) in [5, 5.41) is 5.70. The van der Waals surface area contributed by atoms with Gasteiger partial charge in [-0.25, -0.2) is 4.79 Å². The summed E-state index contributed by atoms with van der Waals surface area (Å²) in [6.45, 7) is 14.5. The molecule has 36 heavy (non-hydrogen) atoms. The highest BCUT2D eigenvalue weighted by Crippen LogP contribution is 2.26. The number of aryl methyl sites for hydroxylation is 2. The van der Waals surface area contributed by atoms with Gasteiger partial charge in [-0.05, 0) is 64.2 Å². The molecule has 0 aromatic heterocycles. The van der Waals surface area contributed by atoms with Crippen molar-refractivity contribution in [3.63, 3.8) is 0 Å². The van der Waals surface area contributed by atoms with Crippen LogP contribution in [0.2, 0.25) is 0 Å². The van der Waals surface area contributed by atoms with E-state index in [1.54, 1.807) is 25.7 Å². The van der Waals surface area contributed by atoms with Gasteiger partial charge in [0.25, 0.3) is 0 Å². The molecule has 0 aliphatic heterocycles. The van der Waals surface area contributed by atoms with E-state index < -0.39 is 23.8 Å². The van der Waals surface area contributed by atoms with Crippen LogP contribution in [0.1, 0.15) is 95.9 Å². The molecule has 204 valence electrons. The molecule has 8 heteroatoms. The monoisotopic (exact) mass is 521 g/mol. The number of unbranched alkanes of at least 4 members (excludes halogenated alkanes) is 4. The number of thiol groups is 1. The predicted octanol–water partition coefficient (Wildman–Crippen LogP) is 5.49. The fourth-order valence-corrected chi connectivity index (χ4v) is 4.07. The molecule has 7 nitrogen and oxygen atoms in total. The van der Waals surface area contributed by atoms with Crippen molar-refractivity contribution < 1.29 is 19.1 Å². The minimum Gasteiger partial charge on any atom is -0.444 e. The third-order valence-corrected chi connectivity index (χ3v) is 6.31. The zero-order valence-corrected chi connectivity index (χ0v) is 24.2. The molecule has 0 aliphatic carbocycles. The fraction of sp³-hybridized carbons (Fsp3) is 0.679. The minimum absolute atomic E-state index is 0.0835. The van der Waals surface area contributed by atoms with Crippen molar-refractivity contribution in [1.29, 1.82) is 0 Å². The summed E-state index contributed by atoms with van der Waals surface area (Å²) in [6, 6.07) is 4.13. The van der Waals surface area contributed by atoms with Gasteiger partial charge in [-0.1, -0.05) is 57.7 Å². The zero-order chi connectivity index (χ0) is 27.3. The third-order valence-electron chi connectivity index (χ3n) is 5.94. The molecule has 0 bridgehead atoms. The van der Waals surface area contributed by atoms with Gasteiger partial charge in [-0.15, -0.1) is 0 Å². The van der Waals surface area contributed by atoms with Crippen LogP contribution in [0.3, 0.4) is 0 Å². The van der Waals surface area contributed by atoms with E-state index in [4.69, 9.17) is 4.74 Å². The van der Waals surface area contributed by atoms with E-state index in [1.807, 2.05) is 32.0 Å². The third kappa shape index (κ3) is 10.8. The number of benzene rings is 1. The lowest BCUT2D eigenvalue weighted by Gasteiger charge is -2.34. The highest BCUT2D eigenvalue weighted by atomic mass is 32.1. The summed E-state index contributed by atoms with van der Waals surface area (Å²) in [5.74, 6) is -0.478. The van der Waals surface area contributed by atoms with Crippen LogP contribution in [0.4, 0.5) is 4.79 Å². The zero-order valence-electron chi connectivity index (χ0n) is 23.3. The van der Waals surface area contributed by atoms with Gasteiger partial charge in [0.05, 0.1) is 0 Å². The second-order valence-corrected chi connectivity index (χ2v) is 10.7. The Labute approximate surface area is 223 Å². The first-order valence-corrected chi connectivity index (χ1v) is 13.8. The normalized spacial score (nSPS) is 13.0. The van der Waals surface area contributed by atoms with E-state index in [9.17, 15) is 14.4 Å². The Morgan fingerprint density at radius 3 is 2.19 bits per heavy atom. The first-order chi connectivity index (χ1) is 16.9. The fourth-order valence-electron chi connectivity index (χ4n) is 3.82. The first kappa shape index (κ1) is 31.8. The molecule has 0 saturated carbocycles. The number of nitrogens with one attached hydrogen (secondary N) is 2. The lowest BCUT2D eigenvalue weighted by molar-refractivity contribution is -0.142. The van der Waals surface area contributed by atoms with Gasteiger partial charge >= 0.3 is 6.09 Å². The van der Waals surface area contributed by atoms with Crippen LogP contribution in [0.25, 0.3) is 0 Å². The maximum Gasteiger partial charge on any atom is 0.408 e. The molecule has 2 N–H and O–H groups in total. The van der Waals surface area contributed by atoms with Crippen molar-refractivity contribution in [1.82, 2.24) is 15.5 Å². The molecular formula is C28H47N3O4S. The number of nitrogens with zero attached hydrogens (tertiary/aromatic N) is 1. The quantitative estimate of drug-likeness (QED) is 0.223. The van der Waals surface area contributed by atoms with Crippen molar-refractivity contribution >= 4 is 30.5 Å². The SMILES string of the molecule is CCCCCNC(=O)C(c1ccc(C)c(C)c1)N(CCCCC)C(=O)C(CS)NC(=O)OC(C)(C)C. The number of rotatable bonds is 14. The molecule has 1 aromatic carbocycles. The Hall–Kier alpha value is -2.22. The highest BCUT2D eigenvalue weighted by Gasteiger charge is 2.35. The number of hydrogen-bond donors (Lipinski definition) is 3. The van der Waals surface area contributed by atoms with Gasteiger partial charge in [0.15, 0.2) is 0 Å². The van der Waals surface area contributed by atoms with Crippen LogP contribution >= 0.6 is 12.6 Å². The number of alkyl carbamates (subject to hydrolysis) is 1. The molecule has 1 rings (SSSR count). The van der Waals surface area contributed by atoms with Gasteiger partial charge in [-0.3, -0.25) is 9.59 Å². The van der Waals surface area contributed by atoms with Gasteiger partial charge in [0, 0.05) is 18.8 Å². The van der Waals surface area contributed by atoms with Crippen LogP contribution in [0.15, 0.2) is 18.2 Å². The Bertz CT molecular complexity index is 854. The molecule has 2 unspecified atom stereocenters. The maximum absolute atomic E-state index is 13.8.